The van der Waals surface area contributed by atoms with Crippen LogP contribution in [0.2, 0.25) is 0 Å². The third-order valence-corrected chi connectivity index (χ3v) is 5.12. The molecule has 0 spiro atoms. The van der Waals surface area contributed by atoms with Crippen LogP contribution in [0.1, 0.15) is 22.0 Å². The van der Waals surface area contributed by atoms with Gasteiger partial charge in [-0.2, -0.15) is 0 Å². The number of halogens is 1. The summed E-state index contributed by atoms with van der Waals surface area (Å²) in [4.78, 5) is 12.3. The van der Waals surface area contributed by atoms with Gasteiger partial charge in [0.05, 0.1) is 23.8 Å². The Hall–Kier alpha value is -1.77. The van der Waals surface area contributed by atoms with E-state index in [1.54, 1.807) is 18.2 Å². The van der Waals surface area contributed by atoms with E-state index in [4.69, 9.17) is 4.74 Å². The molecule has 1 fully saturated rings. The standard InChI is InChI=1S/C20H23BrN2O4/c21-15-8-4-7-14(9-15)20(26)27-12-17(13-5-2-1-3-6-13)22-10-16-19(25)18(24)11-23-16/h1-9,16-19,22-25H,10-12H2/t16-,17+,18+,19-/m1/s1. The predicted molar refractivity (Wildman–Crippen MR) is 105 cm³/mol. The van der Waals surface area contributed by atoms with Gasteiger partial charge < -0.3 is 25.6 Å². The molecule has 27 heavy (non-hydrogen) atoms. The van der Waals surface area contributed by atoms with Crippen LogP contribution in [-0.4, -0.2) is 54.1 Å². The average Bonchev–Trinajstić information content (AvgIpc) is 3.00. The highest BCUT2D eigenvalue weighted by Crippen LogP contribution is 2.17. The Kier molecular flexibility index (Phi) is 6.98. The molecule has 6 nitrogen and oxygen atoms in total. The Labute approximate surface area is 166 Å². The van der Waals surface area contributed by atoms with Gasteiger partial charge in [-0.05, 0) is 23.8 Å². The van der Waals surface area contributed by atoms with Gasteiger partial charge in [0.15, 0.2) is 0 Å². The molecule has 2 aromatic rings. The van der Waals surface area contributed by atoms with E-state index in [1.165, 1.54) is 0 Å². The third kappa shape index (κ3) is 5.37. The number of β-amino-alcohol motifs (C(OH)–C–C–N with tert-alkyl or cyclic N) is 1. The second kappa shape index (κ2) is 9.43. The summed E-state index contributed by atoms with van der Waals surface area (Å²) >= 11 is 3.35. The Morgan fingerprint density at radius 3 is 2.67 bits per heavy atom. The van der Waals surface area contributed by atoms with E-state index in [9.17, 15) is 15.0 Å². The quantitative estimate of drug-likeness (QED) is 0.495. The van der Waals surface area contributed by atoms with E-state index < -0.39 is 18.2 Å². The molecule has 3 rings (SSSR count). The Morgan fingerprint density at radius 2 is 2.00 bits per heavy atom. The maximum Gasteiger partial charge on any atom is 0.338 e. The van der Waals surface area contributed by atoms with Gasteiger partial charge in [-0.25, -0.2) is 4.79 Å². The van der Waals surface area contributed by atoms with E-state index in [1.807, 2.05) is 36.4 Å². The summed E-state index contributed by atoms with van der Waals surface area (Å²) < 4.78 is 6.32. The molecule has 0 radical (unpaired) electrons. The molecule has 4 N–H and O–H groups in total. The lowest BCUT2D eigenvalue weighted by atomic mass is 10.1. The SMILES string of the molecule is O=C(OC[C@H](NC[C@H]1NC[C@H](O)[C@@H]1O)c1ccccc1)c1cccc(Br)c1. The van der Waals surface area contributed by atoms with Crippen LogP contribution < -0.4 is 10.6 Å². The second-order valence-electron chi connectivity index (χ2n) is 6.55. The molecule has 0 aromatic heterocycles. The van der Waals surface area contributed by atoms with Crippen LogP contribution in [0.5, 0.6) is 0 Å². The molecular formula is C20H23BrN2O4. The van der Waals surface area contributed by atoms with Crippen molar-refractivity contribution in [2.75, 3.05) is 19.7 Å². The Bertz CT molecular complexity index is 759. The molecule has 0 bridgehead atoms. The molecule has 0 unspecified atom stereocenters. The fourth-order valence-electron chi connectivity index (χ4n) is 3.06. The van der Waals surface area contributed by atoms with Crippen LogP contribution in [0.25, 0.3) is 0 Å². The highest BCUT2D eigenvalue weighted by atomic mass is 79.9. The smallest absolute Gasteiger partial charge is 0.338 e. The van der Waals surface area contributed by atoms with Gasteiger partial charge in [0.2, 0.25) is 0 Å². The number of ether oxygens (including phenoxy) is 1. The first-order valence-corrected chi connectivity index (χ1v) is 9.64. The zero-order valence-electron chi connectivity index (χ0n) is 14.7. The summed E-state index contributed by atoms with van der Waals surface area (Å²) in [5.41, 5.74) is 1.46. The second-order valence-corrected chi connectivity index (χ2v) is 7.47. The number of benzene rings is 2. The van der Waals surface area contributed by atoms with Gasteiger partial charge >= 0.3 is 5.97 Å². The maximum absolute atomic E-state index is 12.3. The van der Waals surface area contributed by atoms with Crippen LogP contribution >= 0.6 is 15.9 Å². The molecule has 2 aromatic carbocycles. The van der Waals surface area contributed by atoms with Gasteiger partial charge in [0.1, 0.15) is 6.61 Å². The molecule has 0 saturated carbocycles. The summed E-state index contributed by atoms with van der Waals surface area (Å²) in [5.74, 6) is -0.395. The van der Waals surface area contributed by atoms with E-state index in [2.05, 4.69) is 26.6 Å². The lowest BCUT2D eigenvalue weighted by Gasteiger charge is -2.23. The first-order chi connectivity index (χ1) is 13.0. The minimum absolute atomic E-state index is 0.154. The van der Waals surface area contributed by atoms with Crippen molar-refractivity contribution in [2.24, 2.45) is 0 Å². The lowest BCUT2D eigenvalue weighted by Crippen LogP contribution is -2.43. The number of carbonyl (C=O) groups is 1. The number of esters is 1. The minimum Gasteiger partial charge on any atom is -0.460 e. The largest absolute Gasteiger partial charge is 0.460 e. The van der Waals surface area contributed by atoms with Crippen LogP contribution in [0, 0.1) is 0 Å². The first-order valence-electron chi connectivity index (χ1n) is 8.85. The van der Waals surface area contributed by atoms with E-state index in [0.29, 0.717) is 18.7 Å². The van der Waals surface area contributed by atoms with Gasteiger partial charge in [0, 0.05) is 23.6 Å². The van der Waals surface area contributed by atoms with Crippen LogP contribution in [0.3, 0.4) is 0 Å². The molecule has 0 amide bonds. The normalized spacial score (nSPS) is 23.1. The van der Waals surface area contributed by atoms with Crippen molar-refractivity contribution < 1.29 is 19.7 Å². The van der Waals surface area contributed by atoms with E-state index >= 15 is 0 Å². The van der Waals surface area contributed by atoms with Crippen LogP contribution in [0.4, 0.5) is 0 Å². The van der Waals surface area contributed by atoms with Crippen molar-refractivity contribution in [1.82, 2.24) is 10.6 Å². The van der Waals surface area contributed by atoms with Gasteiger partial charge in [0.25, 0.3) is 0 Å². The molecule has 7 heteroatoms. The van der Waals surface area contributed by atoms with Crippen molar-refractivity contribution in [3.8, 4) is 0 Å². The summed E-state index contributed by atoms with van der Waals surface area (Å²) in [6.07, 6.45) is -1.58. The van der Waals surface area contributed by atoms with E-state index in [-0.39, 0.29) is 18.7 Å². The summed E-state index contributed by atoms with van der Waals surface area (Å²) in [6, 6.07) is 16.2. The summed E-state index contributed by atoms with van der Waals surface area (Å²) in [7, 11) is 0. The van der Waals surface area contributed by atoms with Gasteiger partial charge in [-0.15, -0.1) is 0 Å². The highest BCUT2D eigenvalue weighted by Gasteiger charge is 2.33. The number of rotatable bonds is 7. The molecule has 1 heterocycles. The molecular weight excluding hydrogens is 412 g/mol. The Balaban J connectivity index is 1.63. The molecule has 0 aliphatic carbocycles. The van der Waals surface area contributed by atoms with Crippen molar-refractivity contribution in [3.63, 3.8) is 0 Å². The van der Waals surface area contributed by atoms with Crippen molar-refractivity contribution in [2.45, 2.75) is 24.3 Å². The zero-order chi connectivity index (χ0) is 19.2. The van der Waals surface area contributed by atoms with Gasteiger partial charge in [-0.3, -0.25) is 0 Å². The first kappa shape index (κ1) is 20.0. The Morgan fingerprint density at radius 1 is 1.22 bits per heavy atom. The molecule has 144 valence electrons. The van der Waals surface area contributed by atoms with Crippen molar-refractivity contribution in [3.05, 3.63) is 70.2 Å². The molecule has 1 saturated heterocycles. The number of nitrogens with one attached hydrogen (secondary N) is 2. The number of hydrogen-bond acceptors (Lipinski definition) is 6. The maximum atomic E-state index is 12.3. The van der Waals surface area contributed by atoms with Crippen molar-refractivity contribution in [1.29, 1.82) is 0 Å². The minimum atomic E-state index is -0.821. The highest BCUT2D eigenvalue weighted by molar-refractivity contribution is 9.10. The number of aliphatic hydroxyl groups is 2. The summed E-state index contributed by atoms with van der Waals surface area (Å²) in [6.45, 7) is 0.953. The summed E-state index contributed by atoms with van der Waals surface area (Å²) in [5, 5.41) is 26.1. The molecule has 1 aliphatic heterocycles. The van der Waals surface area contributed by atoms with Crippen LogP contribution in [0.15, 0.2) is 59.1 Å². The number of hydrogen-bond donors (Lipinski definition) is 4. The predicted octanol–water partition coefficient (Wildman–Crippen LogP) is 1.63. The third-order valence-electron chi connectivity index (χ3n) is 4.62. The van der Waals surface area contributed by atoms with Crippen LogP contribution in [-0.2, 0) is 4.74 Å². The number of aliphatic hydroxyl groups excluding tert-OH is 2. The average molecular weight is 435 g/mol. The number of carbonyl (C=O) groups excluding carboxylic acids is 1. The molecule has 1 aliphatic rings. The lowest BCUT2D eigenvalue weighted by molar-refractivity contribution is 0.0375. The van der Waals surface area contributed by atoms with Gasteiger partial charge in [-0.1, -0.05) is 52.3 Å². The molecule has 4 atom stereocenters. The van der Waals surface area contributed by atoms with Crippen molar-refractivity contribution >= 4 is 21.9 Å². The monoisotopic (exact) mass is 434 g/mol. The zero-order valence-corrected chi connectivity index (χ0v) is 16.3. The topological polar surface area (TPSA) is 90.8 Å². The van der Waals surface area contributed by atoms with E-state index in [0.717, 1.165) is 10.0 Å². The fourth-order valence-corrected chi connectivity index (χ4v) is 3.46. The fraction of sp³-hybridized carbons (Fsp3) is 0.350.